The van der Waals surface area contributed by atoms with Crippen LogP contribution in [-0.4, -0.2) is 10.9 Å². The van der Waals surface area contributed by atoms with Gasteiger partial charge in [0, 0.05) is 12.2 Å². The Bertz CT molecular complexity index is 949. The number of hydrogen-bond donors (Lipinski definition) is 2. The minimum absolute atomic E-state index is 0.105. The average molecular weight is 348 g/mol. The summed E-state index contributed by atoms with van der Waals surface area (Å²) >= 11 is 0. The van der Waals surface area contributed by atoms with E-state index in [0.717, 1.165) is 22.6 Å². The predicted octanol–water partition coefficient (Wildman–Crippen LogP) is 3.19. The number of nitrogens with one attached hydrogen (secondary N) is 2. The first-order valence-corrected chi connectivity index (χ1v) is 8.36. The Morgan fingerprint density at radius 1 is 0.962 bits per heavy atom. The molecule has 0 aliphatic carbocycles. The van der Waals surface area contributed by atoms with Crippen molar-refractivity contribution in [2.24, 2.45) is 0 Å². The van der Waals surface area contributed by atoms with Crippen molar-refractivity contribution < 1.29 is 9.53 Å². The second kappa shape index (κ2) is 8.16. The maximum absolute atomic E-state index is 12.3. The molecule has 0 atom stereocenters. The van der Waals surface area contributed by atoms with Crippen LogP contribution in [0.1, 0.15) is 27.2 Å². The second-order valence-electron chi connectivity index (χ2n) is 5.94. The Labute approximate surface area is 151 Å². The van der Waals surface area contributed by atoms with Gasteiger partial charge in [-0.1, -0.05) is 42.5 Å². The predicted molar refractivity (Wildman–Crippen MR) is 100 cm³/mol. The molecule has 0 bridgehead atoms. The molecule has 0 saturated heterocycles. The number of ether oxygens (including phenoxy) is 1. The molecule has 3 rings (SSSR count). The van der Waals surface area contributed by atoms with Gasteiger partial charge in [0.15, 0.2) is 0 Å². The third-order valence-corrected chi connectivity index (χ3v) is 4.00. The Balaban J connectivity index is 1.66. The van der Waals surface area contributed by atoms with Crippen LogP contribution >= 0.6 is 0 Å². The summed E-state index contributed by atoms with van der Waals surface area (Å²) in [6, 6.07) is 20.5. The van der Waals surface area contributed by atoms with E-state index in [1.54, 1.807) is 13.0 Å². The fraction of sp³-hybridized carbons (Fsp3) is 0.143. The van der Waals surface area contributed by atoms with Crippen LogP contribution in [0.25, 0.3) is 0 Å². The third-order valence-electron chi connectivity index (χ3n) is 4.00. The van der Waals surface area contributed by atoms with Crippen LogP contribution in [-0.2, 0) is 13.2 Å². The standard InChI is InChI=1S/C21H20N2O3/c1-15-11-12-19(21(25)23-15)20(24)22-13-16-7-5-6-8-17(16)14-26-18-9-3-2-4-10-18/h2-12H,13-14H2,1H3,(H,22,24)(H,23,25). The first-order valence-electron chi connectivity index (χ1n) is 8.36. The van der Waals surface area contributed by atoms with Crippen LogP contribution < -0.4 is 15.6 Å². The zero-order valence-electron chi connectivity index (χ0n) is 14.5. The molecule has 2 aromatic carbocycles. The molecule has 5 heteroatoms. The van der Waals surface area contributed by atoms with E-state index in [1.807, 2.05) is 54.6 Å². The average Bonchev–Trinajstić information content (AvgIpc) is 2.66. The zero-order valence-corrected chi connectivity index (χ0v) is 14.5. The van der Waals surface area contributed by atoms with Crippen molar-refractivity contribution in [1.29, 1.82) is 0 Å². The number of hydrogen-bond acceptors (Lipinski definition) is 3. The quantitative estimate of drug-likeness (QED) is 0.719. The fourth-order valence-electron chi connectivity index (χ4n) is 2.57. The van der Waals surface area contributed by atoms with Gasteiger partial charge in [-0.3, -0.25) is 9.59 Å². The lowest BCUT2D eigenvalue weighted by atomic mass is 10.1. The molecule has 0 aliphatic heterocycles. The molecule has 2 N–H and O–H groups in total. The van der Waals surface area contributed by atoms with Gasteiger partial charge in [0.05, 0.1) is 0 Å². The number of aryl methyl sites for hydroxylation is 1. The van der Waals surface area contributed by atoms with Crippen molar-refractivity contribution in [3.05, 3.63) is 99.5 Å². The number of carbonyl (C=O) groups is 1. The van der Waals surface area contributed by atoms with Crippen molar-refractivity contribution in [3.8, 4) is 5.75 Å². The van der Waals surface area contributed by atoms with Gasteiger partial charge < -0.3 is 15.0 Å². The Kier molecular flexibility index (Phi) is 5.49. The molecule has 0 fully saturated rings. The number of aromatic nitrogens is 1. The molecule has 1 aromatic heterocycles. The Hall–Kier alpha value is -3.34. The van der Waals surface area contributed by atoms with E-state index in [-0.39, 0.29) is 11.1 Å². The number of rotatable bonds is 6. The summed E-state index contributed by atoms with van der Waals surface area (Å²) in [5.41, 5.74) is 2.36. The van der Waals surface area contributed by atoms with E-state index in [4.69, 9.17) is 4.74 Å². The molecule has 132 valence electrons. The first-order chi connectivity index (χ1) is 12.6. The second-order valence-corrected chi connectivity index (χ2v) is 5.94. The van der Waals surface area contributed by atoms with Crippen LogP contribution in [0.3, 0.4) is 0 Å². The third kappa shape index (κ3) is 4.39. The number of amides is 1. The molecule has 0 aliphatic rings. The molecule has 0 radical (unpaired) electrons. The van der Waals surface area contributed by atoms with Crippen molar-refractivity contribution >= 4 is 5.91 Å². The van der Waals surface area contributed by atoms with Gasteiger partial charge in [-0.2, -0.15) is 0 Å². The van der Waals surface area contributed by atoms with Gasteiger partial charge in [-0.15, -0.1) is 0 Å². The highest BCUT2D eigenvalue weighted by Gasteiger charge is 2.11. The highest BCUT2D eigenvalue weighted by Crippen LogP contribution is 2.14. The van der Waals surface area contributed by atoms with E-state index in [0.29, 0.717) is 13.2 Å². The number of carbonyl (C=O) groups excluding carboxylic acids is 1. The SMILES string of the molecule is Cc1ccc(C(=O)NCc2ccccc2COc2ccccc2)c(=O)[nH]1. The van der Waals surface area contributed by atoms with Crippen molar-refractivity contribution in [2.75, 3.05) is 0 Å². The largest absolute Gasteiger partial charge is 0.489 e. The lowest BCUT2D eigenvalue weighted by Gasteiger charge is -2.12. The Morgan fingerprint density at radius 2 is 1.65 bits per heavy atom. The molecular weight excluding hydrogens is 328 g/mol. The number of pyridine rings is 1. The highest BCUT2D eigenvalue weighted by molar-refractivity contribution is 5.93. The summed E-state index contributed by atoms with van der Waals surface area (Å²) in [6.45, 7) is 2.49. The lowest BCUT2D eigenvalue weighted by Crippen LogP contribution is -2.29. The van der Waals surface area contributed by atoms with Crippen LogP contribution in [0.4, 0.5) is 0 Å². The maximum atomic E-state index is 12.3. The number of para-hydroxylation sites is 1. The van der Waals surface area contributed by atoms with Crippen molar-refractivity contribution in [3.63, 3.8) is 0 Å². The molecule has 0 spiro atoms. The van der Waals surface area contributed by atoms with Gasteiger partial charge in [0.2, 0.25) is 0 Å². The molecule has 0 unspecified atom stereocenters. The molecule has 1 amide bonds. The number of H-pyrrole nitrogens is 1. The lowest BCUT2D eigenvalue weighted by molar-refractivity contribution is 0.0949. The molecular formula is C21H20N2O3. The van der Waals surface area contributed by atoms with E-state index in [1.165, 1.54) is 6.07 Å². The van der Waals surface area contributed by atoms with Gasteiger partial charge in [-0.05, 0) is 42.3 Å². The van der Waals surface area contributed by atoms with Crippen LogP contribution in [0.5, 0.6) is 5.75 Å². The first kappa shape index (κ1) is 17.5. The minimum atomic E-state index is -0.398. The normalized spacial score (nSPS) is 10.3. The van der Waals surface area contributed by atoms with E-state index in [9.17, 15) is 9.59 Å². The van der Waals surface area contributed by atoms with Gasteiger partial charge in [-0.25, -0.2) is 0 Å². The summed E-state index contributed by atoms with van der Waals surface area (Å²) < 4.78 is 5.79. The van der Waals surface area contributed by atoms with E-state index >= 15 is 0 Å². The highest BCUT2D eigenvalue weighted by atomic mass is 16.5. The van der Waals surface area contributed by atoms with Gasteiger partial charge >= 0.3 is 0 Å². The van der Waals surface area contributed by atoms with E-state index < -0.39 is 5.91 Å². The van der Waals surface area contributed by atoms with Gasteiger partial charge in [0.25, 0.3) is 11.5 Å². The van der Waals surface area contributed by atoms with E-state index in [2.05, 4.69) is 10.3 Å². The summed E-state index contributed by atoms with van der Waals surface area (Å²) in [7, 11) is 0. The summed E-state index contributed by atoms with van der Waals surface area (Å²) in [4.78, 5) is 26.8. The Morgan fingerprint density at radius 3 is 2.38 bits per heavy atom. The van der Waals surface area contributed by atoms with Crippen LogP contribution in [0, 0.1) is 6.92 Å². The summed E-state index contributed by atoms with van der Waals surface area (Å²) in [5.74, 6) is 0.391. The van der Waals surface area contributed by atoms with Crippen molar-refractivity contribution in [1.82, 2.24) is 10.3 Å². The fourth-order valence-corrected chi connectivity index (χ4v) is 2.57. The smallest absolute Gasteiger partial charge is 0.260 e. The summed E-state index contributed by atoms with van der Waals surface area (Å²) in [5, 5.41) is 2.80. The summed E-state index contributed by atoms with van der Waals surface area (Å²) in [6.07, 6.45) is 0. The monoisotopic (exact) mass is 348 g/mol. The molecule has 5 nitrogen and oxygen atoms in total. The molecule has 0 saturated carbocycles. The van der Waals surface area contributed by atoms with Crippen LogP contribution in [0.15, 0.2) is 71.5 Å². The molecule has 3 aromatic rings. The zero-order chi connectivity index (χ0) is 18.4. The number of benzene rings is 2. The molecule has 1 heterocycles. The van der Waals surface area contributed by atoms with Crippen LogP contribution in [0.2, 0.25) is 0 Å². The minimum Gasteiger partial charge on any atom is -0.489 e. The topological polar surface area (TPSA) is 71.2 Å². The number of aromatic amines is 1. The maximum Gasteiger partial charge on any atom is 0.260 e. The molecule has 26 heavy (non-hydrogen) atoms. The van der Waals surface area contributed by atoms with Gasteiger partial charge in [0.1, 0.15) is 17.9 Å². The van der Waals surface area contributed by atoms with Crippen molar-refractivity contribution in [2.45, 2.75) is 20.1 Å².